The molecule has 2 bridgehead atoms. The smallest absolute Gasteiger partial charge is 0.239 e. The number of fused-ring (bicyclic) bond motifs is 5. The molecule has 0 radical (unpaired) electrons. The predicted octanol–water partition coefficient (Wildman–Crippen LogP) is 7.10. The maximum absolute atomic E-state index is 16.2. The Balaban J connectivity index is 1.53. The summed E-state index contributed by atoms with van der Waals surface area (Å²) in [5.41, 5.74) is 1.22. The molecule has 1 saturated heterocycles. The van der Waals surface area contributed by atoms with Gasteiger partial charge in [-0.2, -0.15) is 0 Å². The van der Waals surface area contributed by atoms with Gasteiger partial charge in [0.2, 0.25) is 11.8 Å². The van der Waals surface area contributed by atoms with Crippen LogP contribution in [0.4, 0.5) is 5.69 Å². The number of hydrogen-bond acceptors (Lipinski definition) is 7. The standard InChI is InChI=1S/C44H35NO7/c1-26(46)29-19-24-35(52-4)34(25-29)45-40(47)38-39(41(45)48)44(31-13-9-6-10-14-31)37(28-17-22-33(51-3)23-18-28)36(27-15-20-32(50-2)21-16-27)43(38,42(44)49)30-11-7-5-8-12-30/h5-25,38-39H,1-4H3/t38-,39-,43-,44-/m0/s1. The minimum atomic E-state index is -1.60. The Bertz CT molecular complexity index is 2170. The summed E-state index contributed by atoms with van der Waals surface area (Å²) >= 11 is 0. The van der Waals surface area contributed by atoms with Gasteiger partial charge in [0, 0.05) is 5.56 Å². The van der Waals surface area contributed by atoms with Crippen molar-refractivity contribution in [3.8, 4) is 17.2 Å². The molecule has 52 heavy (non-hydrogen) atoms. The third-order valence-corrected chi connectivity index (χ3v) is 11.0. The molecule has 2 aliphatic carbocycles. The van der Waals surface area contributed by atoms with E-state index in [0.29, 0.717) is 39.3 Å². The van der Waals surface area contributed by atoms with Crippen LogP contribution in [0, 0.1) is 11.8 Å². The molecule has 8 nitrogen and oxygen atoms in total. The molecular weight excluding hydrogens is 654 g/mol. The second-order valence-corrected chi connectivity index (χ2v) is 13.3. The van der Waals surface area contributed by atoms with E-state index in [0.717, 1.165) is 16.0 Å². The molecule has 8 rings (SSSR count). The number of Topliss-reactive ketones (excluding diaryl/α,β-unsaturated/α-hetero) is 2. The summed E-state index contributed by atoms with van der Waals surface area (Å²) in [6, 6.07) is 38.3. The van der Waals surface area contributed by atoms with E-state index in [2.05, 4.69) is 0 Å². The van der Waals surface area contributed by atoms with E-state index in [1.165, 1.54) is 20.1 Å². The van der Waals surface area contributed by atoms with Crippen molar-refractivity contribution in [3.63, 3.8) is 0 Å². The van der Waals surface area contributed by atoms with E-state index in [1.54, 1.807) is 26.4 Å². The number of hydrogen-bond donors (Lipinski definition) is 0. The summed E-state index contributed by atoms with van der Waals surface area (Å²) in [6.07, 6.45) is 0. The highest BCUT2D eigenvalue weighted by Gasteiger charge is 2.82. The number of amides is 2. The molecule has 0 unspecified atom stereocenters. The normalized spacial score (nSPS) is 23.2. The molecule has 1 saturated carbocycles. The van der Waals surface area contributed by atoms with Gasteiger partial charge in [0.25, 0.3) is 0 Å². The summed E-state index contributed by atoms with van der Waals surface area (Å²) < 4.78 is 16.7. The van der Waals surface area contributed by atoms with Gasteiger partial charge in [-0.05, 0) is 82.8 Å². The first-order chi connectivity index (χ1) is 25.2. The van der Waals surface area contributed by atoms with Crippen LogP contribution in [-0.2, 0) is 25.2 Å². The largest absolute Gasteiger partial charge is 0.497 e. The zero-order chi connectivity index (χ0) is 36.4. The molecule has 1 heterocycles. The average molecular weight is 690 g/mol. The van der Waals surface area contributed by atoms with Gasteiger partial charge in [-0.3, -0.25) is 19.2 Å². The number of nitrogens with zero attached hydrogens (tertiary/aromatic N) is 1. The number of rotatable bonds is 9. The predicted molar refractivity (Wildman–Crippen MR) is 197 cm³/mol. The van der Waals surface area contributed by atoms with Crippen molar-refractivity contribution in [1.82, 2.24) is 0 Å². The topological polar surface area (TPSA) is 99.2 Å². The molecular formula is C44H35NO7. The zero-order valence-electron chi connectivity index (χ0n) is 29.1. The highest BCUT2D eigenvalue weighted by molar-refractivity contribution is 6.39. The fourth-order valence-electron chi connectivity index (χ4n) is 8.96. The van der Waals surface area contributed by atoms with Gasteiger partial charge in [-0.15, -0.1) is 0 Å². The number of ketones is 2. The molecule has 2 fully saturated rings. The van der Waals surface area contributed by atoms with E-state index < -0.39 is 34.5 Å². The summed E-state index contributed by atoms with van der Waals surface area (Å²) in [5, 5.41) is 0. The summed E-state index contributed by atoms with van der Waals surface area (Å²) in [6.45, 7) is 1.42. The lowest BCUT2D eigenvalue weighted by atomic mass is 9.59. The highest BCUT2D eigenvalue weighted by atomic mass is 16.5. The number of ether oxygens (including phenoxy) is 3. The van der Waals surface area contributed by atoms with Crippen LogP contribution < -0.4 is 19.1 Å². The van der Waals surface area contributed by atoms with Crippen LogP contribution in [0.25, 0.3) is 11.1 Å². The molecule has 0 spiro atoms. The Kier molecular flexibility index (Phi) is 7.72. The fourth-order valence-corrected chi connectivity index (χ4v) is 8.96. The lowest BCUT2D eigenvalue weighted by molar-refractivity contribution is -0.130. The molecule has 258 valence electrons. The second kappa shape index (κ2) is 12.2. The van der Waals surface area contributed by atoms with Gasteiger partial charge in [0.1, 0.15) is 17.2 Å². The molecule has 5 aromatic carbocycles. The van der Waals surface area contributed by atoms with Gasteiger partial charge in [0.05, 0.1) is 49.7 Å². The molecule has 2 amide bonds. The van der Waals surface area contributed by atoms with Gasteiger partial charge < -0.3 is 14.2 Å². The highest BCUT2D eigenvalue weighted by Crippen LogP contribution is 2.74. The van der Waals surface area contributed by atoms with Crippen LogP contribution in [-0.4, -0.2) is 44.7 Å². The van der Waals surface area contributed by atoms with Crippen LogP contribution in [0.2, 0.25) is 0 Å². The van der Waals surface area contributed by atoms with Gasteiger partial charge in [0.15, 0.2) is 11.6 Å². The molecule has 4 atom stereocenters. The Morgan fingerprint density at radius 1 is 0.577 bits per heavy atom. The third-order valence-electron chi connectivity index (χ3n) is 11.0. The van der Waals surface area contributed by atoms with E-state index in [4.69, 9.17) is 14.2 Å². The van der Waals surface area contributed by atoms with Gasteiger partial charge in [-0.25, -0.2) is 4.90 Å². The first kappa shape index (κ1) is 32.9. The summed E-state index contributed by atoms with van der Waals surface area (Å²) in [7, 11) is 4.63. The maximum atomic E-state index is 16.2. The Labute approximate surface area is 301 Å². The van der Waals surface area contributed by atoms with E-state index in [1.807, 2.05) is 109 Å². The number of benzene rings is 5. The molecule has 1 aliphatic heterocycles. The van der Waals surface area contributed by atoms with E-state index in [9.17, 15) is 4.79 Å². The minimum Gasteiger partial charge on any atom is -0.497 e. The van der Waals surface area contributed by atoms with Crippen LogP contribution in [0.15, 0.2) is 127 Å². The van der Waals surface area contributed by atoms with Crippen molar-refractivity contribution >= 4 is 40.2 Å². The van der Waals surface area contributed by atoms with Gasteiger partial charge >= 0.3 is 0 Å². The lowest BCUT2D eigenvalue weighted by Gasteiger charge is -2.39. The van der Waals surface area contributed by atoms with Gasteiger partial charge in [-0.1, -0.05) is 84.9 Å². The van der Waals surface area contributed by atoms with E-state index >= 15 is 14.4 Å². The lowest BCUT2D eigenvalue weighted by Crippen LogP contribution is -2.45. The molecule has 8 heteroatoms. The van der Waals surface area contributed by atoms with Crippen LogP contribution in [0.1, 0.15) is 39.5 Å². The second-order valence-electron chi connectivity index (χ2n) is 13.3. The molecule has 3 aliphatic rings. The number of anilines is 1. The Morgan fingerprint density at radius 2 is 1.02 bits per heavy atom. The summed E-state index contributed by atoms with van der Waals surface area (Å²) in [4.78, 5) is 60.7. The molecule has 0 aromatic heterocycles. The Hall–Kier alpha value is -6.28. The van der Waals surface area contributed by atoms with Crippen molar-refractivity contribution in [2.75, 3.05) is 26.2 Å². The van der Waals surface area contributed by atoms with Crippen molar-refractivity contribution in [2.24, 2.45) is 11.8 Å². The fraction of sp³-hybridized carbons (Fsp3) is 0.182. The maximum Gasteiger partial charge on any atom is 0.239 e. The van der Waals surface area contributed by atoms with Crippen molar-refractivity contribution < 1.29 is 33.4 Å². The van der Waals surface area contributed by atoms with Crippen molar-refractivity contribution in [2.45, 2.75) is 17.8 Å². The quantitative estimate of drug-likeness (QED) is 0.120. The van der Waals surface area contributed by atoms with Crippen molar-refractivity contribution in [1.29, 1.82) is 0 Å². The van der Waals surface area contributed by atoms with Crippen LogP contribution in [0.5, 0.6) is 17.2 Å². The summed E-state index contributed by atoms with van der Waals surface area (Å²) in [5.74, 6) is -2.31. The number of carbonyl (C=O) groups excluding carboxylic acids is 4. The third kappa shape index (κ3) is 4.27. The zero-order valence-corrected chi connectivity index (χ0v) is 29.1. The molecule has 0 N–H and O–H groups in total. The van der Waals surface area contributed by atoms with E-state index in [-0.39, 0.29) is 23.0 Å². The SMILES string of the molecule is COc1ccc(C2=C(c3ccc(OC)cc3)[C@]3(c4ccccc4)C(=O)[C@]2(c2ccccc2)[C@@H]2C(=O)N(c4cc(C(C)=O)ccc4OC)C(=O)[C@H]23)cc1. The number of methoxy groups -OCH3 is 3. The first-order valence-corrected chi connectivity index (χ1v) is 17.0. The average Bonchev–Trinajstić information content (AvgIpc) is 3.70. The first-order valence-electron chi connectivity index (χ1n) is 17.0. The molecule has 5 aromatic rings. The number of imide groups is 1. The number of allylic oxidation sites excluding steroid dienone is 2. The van der Waals surface area contributed by atoms with Crippen LogP contribution >= 0.6 is 0 Å². The van der Waals surface area contributed by atoms with Crippen LogP contribution in [0.3, 0.4) is 0 Å². The monoisotopic (exact) mass is 689 g/mol. The number of carbonyl (C=O) groups is 4. The Morgan fingerprint density at radius 3 is 1.40 bits per heavy atom. The minimum absolute atomic E-state index is 0.162. The van der Waals surface area contributed by atoms with Crippen molar-refractivity contribution in [3.05, 3.63) is 155 Å².